The van der Waals surface area contributed by atoms with Crippen LogP contribution in [0, 0.1) is 12.3 Å². The first kappa shape index (κ1) is 10.6. The molecule has 0 unspecified atom stereocenters. The van der Waals surface area contributed by atoms with Crippen molar-refractivity contribution in [2.24, 2.45) is 5.41 Å². The molecular formula is C10H15N3O. The lowest BCUT2D eigenvalue weighted by Gasteiger charge is -2.16. The molecule has 1 N–H and O–H groups in total. The van der Waals surface area contributed by atoms with Gasteiger partial charge in [-0.3, -0.25) is 4.79 Å². The fraction of sp³-hybridized carbons (Fsp3) is 0.500. The molecule has 0 aliphatic heterocycles. The number of carbonyl (C=O) groups excluding carboxylic acids is 1. The fourth-order valence-electron chi connectivity index (χ4n) is 0.769. The summed E-state index contributed by atoms with van der Waals surface area (Å²) in [5.74, 6) is 0.436. The lowest BCUT2D eigenvalue weighted by atomic mass is 9.96. The van der Waals surface area contributed by atoms with Crippen molar-refractivity contribution in [3.63, 3.8) is 0 Å². The van der Waals surface area contributed by atoms with Gasteiger partial charge in [-0.15, -0.1) is 5.10 Å². The van der Waals surface area contributed by atoms with Crippen LogP contribution in [0.15, 0.2) is 12.1 Å². The van der Waals surface area contributed by atoms with E-state index in [0.717, 1.165) is 5.69 Å². The highest BCUT2D eigenvalue weighted by Crippen LogP contribution is 2.15. The fourth-order valence-corrected chi connectivity index (χ4v) is 0.769. The normalized spacial score (nSPS) is 11.1. The van der Waals surface area contributed by atoms with E-state index in [1.165, 1.54) is 0 Å². The largest absolute Gasteiger partial charge is 0.309 e. The Morgan fingerprint density at radius 3 is 2.36 bits per heavy atom. The monoisotopic (exact) mass is 193 g/mol. The molecule has 1 aromatic heterocycles. The number of nitrogens with one attached hydrogen (secondary N) is 1. The number of hydrogen-bond acceptors (Lipinski definition) is 3. The molecule has 1 rings (SSSR count). The van der Waals surface area contributed by atoms with Gasteiger partial charge in [0, 0.05) is 5.41 Å². The molecule has 0 atom stereocenters. The average Bonchev–Trinajstić information content (AvgIpc) is 2.07. The molecule has 1 heterocycles. The topological polar surface area (TPSA) is 54.9 Å². The van der Waals surface area contributed by atoms with E-state index in [4.69, 9.17) is 0 Å². The van der Waals surface area contributed by atoms with Gasteiger partial charge in [0.2, 0.25) is 5.91 Å². The highest BCUT2D eigenvalue weighted by atomic mass is 16.2. The van der Waals surface area contributed by atoms with Gasteiger partial charge in [-0.2, -0.15) is 5.10 Å². The third kappa shape index (κ3) is 2.80. The molecule has 0 saturated heterocycles. The second-order valence-corrected chi connectivity index (χ2v) is 4.26. The van der Waals surface area contributed by atoms with E-state index in [2.05, 4.69) is 15.5 Å². The van der Waals surface area contributed by atoms with Crippen LogP contribution in [-0.2, 0) is 4.79 Å². The minimum atomic E-state index is -0.410. The Labute approximate surface area is 83.7 Å². The van der Waals surface area contributed by atoms with E-state index < -0.39 is 5.41 Å². The van der Waals surface area contributed by atoms with Crippen LogP contribution in [0.1, 0.15) is 26.5 Å². The van der Waals surface area contributed by atoms with Crippen LogP contribution < -0.4 is 5.32 Å². The quantitative estimate of drug-likeness (QED) is 0.739. The van der Waals surface area contributed by atoms with E-state index in [1.54, 1.807) is 6.07 Å². The number of carbonyl (C=O) groups is 1. The minimum Gasteiger partial charge on any atom is -0.309 e. The number of hydrogen-bond donors (Lipinski definition) is 1. The molecule has 4 nitrogen and oxygen atoms in total. The van der Waals surface area contributed by atoms with E-state index in [9.17, 15) is 4.79 Å². The van der Waals surface area contributed by atoms with Crippen LogP contribution in [0.3, 0.4) is 0 Å². The van der Waals surface area contributed by atoms with E-state index in [-0.39, 0.29) is 5.91 Å². The van der Waals surface area contributed by atoms with Gasteiger partial charge in [0.1, 0.15) is 0 Å². The molecule has 0 saturated carbocycles. The molecule has 0 aliphatic rings. The Hall–Kier alpha value is -1.45. The smallest absolute Gasteiger partial charge is 0.230 e. The van der Waals surface area contributed by atoms with Crippen LogP contribution >= 0.6 is 0 Å². The highest BCUT2D eigenvalue weighted by Gasteiger charge is 2.21. The Bertz CT molecular complexity index is 324. The van der Waals surface area contributed by atoms with Crippen molar-refractivity contribution in [2.45, 2.75) is 27.7 Å². The van der Waals surface area contributed by atoms with Crippen molar-refractivity contribution in [3.05, 3.63) is 17.8 Å². The molecular weight excluding hydrogens is 178 g/mol. The van der Waals surface area contributed by atoms with Crippen LogP contribution in [-0.4, -0.2) is 16.1 Å². The maximum atomic E-state index is 11.5. The SMILES string of the molecule is Cc1ccc(NC(=O)C(C)(C)C)nn1. The summed E-state index contributed by atoms with van der Waals surface area (Å²) >= 11 is 0. The van der Waals surface area contributed by atoms with Crippen LogP contribution in [0.5, 0.6) is 0 Å². The Morgan fingerprint density at radius 1 is 1.29 bits per heavy atom. The Kier molecular flexibility index (Phi) is 2.84. The highest BCUT2D eigenvalue weighted by molar-refractivity contribution is 5.93. The molecule has 0 radical (unpaired) electrons. The van der Waals surface area contributed by atoms with Gasteiger partial charge >= 0.3 is 0 Å². The zero-order chi connectivity index (χ0) is 10.8. The van der Waals surface area contributed by atoms with Gasteiger partial charge in [-0.25, -0.2) is 0 Å². The molecule has 1 amide bonds. The number of amides is 1. The second-order valence-electron chi connectivity index (χ2n) is 4.26. The molecule has 0 aliphatic carbocycles. The molecule has 1 aromatic rings. The molecule has 76 valence electrons. The van der Waals surface area contributed by atoms with Gasteiger partial charge < -0.3 is 5.32 Å². The van der Waals surface area contributed by atoms with Crippen molar-refractivity contribution >= 4 is 11.7 Å². The summed E-state index contributed by atoms with van der Waals surface area (Å²) < 4.78 is 0. The first-order valence-electron chi connectivity index (χ1n) is 4.51. The number of aromatic nitrogens is 2. The molecule has 14 heavy (non-hydrogen) atoms. The maximum Gasteiger partial charge on any atom is 0.230 e. The number of nitrogens with zero attached hydrogens (tertiary/aromatic N) is 2. The van der Waals surface area contributed by atoms with Crippen LogP contribution in [0.4, 0.5) is 5.82 Å². The lowest BCUT2D eigenvalue weighted by Crippen LogP contribution is -2.28. The zero-order valence-electron chi connectivity index (χ0n) is 8.96. The lowest BCUT2D eigenvalue weighted by molar-refractivity contribution is -0.123. The Balaban J connectivity index is 2.71. The summed E-state index contributed by atoms with van der Waals surface area (Å²) in [4.78, 5) is 11.5. The number of rotatable bonds is 1. The predicted molar refractivity (Wildman–Crippen MR) is 54.9 cm³/mol. The van der Waals surface area contributed by atoms with Gasteiger partial charge in [0.05, 0.1) is 5.69 Å². The van der Waals surface area contributed by atoms with Gasteiger partial charge in [-0.05, 0) is 19.1 Å². The number of anilines is 1. The molecule has 0 fully saturated rings. The van der Waals surface area contributed by atoms with Crippen molar-refractivity contribution < 1.29 is 4.79 Å². The summed E-state index contributed by atoms with van der Waals surface area (Å²) in [5, 5.41) is 10.4. The van der Waals surface area contributed by atoms with Gasteiger partial charge in [0.15, 0.2) is 5.82 Å². The zero-order valence-corrected chi connectivity index (χ0v) is 8.96. The third-order valence-corrected chi connectivity index (χ3v) is 1.72. The summed E-state index contributed by atoms with van der Waals surface area (Å²) in [6.45, 7) is 7.40. The van der Waals surface area contributed by atoms with Crippen molar-refractivity contribution in [1.29, 1.82) is 0 Å². The summed E-state index contributed by atoms with van der Waals surface area (Å²) in [5.41, 5.74) is 0.422. The second kappa shape index (κ2) is 3.74. The predicted octanol–water partition coefficient (Wildman–Crippen LogP) is 1.77. The van der Waals surface area contributed by atoms with Gasteiger partial charge in [0.25, 0.3) is 0 Å². The van der Waals surface area contributed by atoms with E-state index in [0.29, 0.717) is 5.82 Å². The summed E-state index contributed by atoms with van der Waals surface area (Å²) in [6.07, 6.45) is 0. The maximum absolute atomic E-state index is 11.5. The standard InChI is InChI=1S/C10H15N3O/c1-7-5-6-8(13-12-7)11-9(14)10(2,3)4/h5-6H,1-4H3,(H,11,13,14). The number of aryl methyl sites for hydroxylation is 1. The third-order valence-electron chi connectivity index (χ3n) is 1.72. The molecule has 0 bridgehead atoms. The first-order chi connectivity index (χ1) is 6.39. The molecule has 4 heteroatoms. The summed E-state index contributed by atoms with van der Waals surface area (Å²) in [6, 6.07) is 3.55. The van der Waals surface area contributed by atoms with Crippen molar-refractivity contribution in [2.75, 3.05) is 5.32 Å². The van der Waals surface area contributed by atoms with Gasteiger partial charge in [-0.1, -0.05) is 20.8 Å². The van der Waals surface area contributed by atoms with Crippen molar-refractivity contribution in [3.8, 4) is 0 Å². The summed E-state index contributed by atoms with van der Waals surface area (Å²) in [7, 11) is 0. The van der Waals surface area contributed by atoms with E-state index in [1.807, 2.05) is 33.8 Å². The minimum absolute atomic E-state index is 0.0596. The average molecular weight is 193 g/mol. The molecule has 0 aromatic carbocycles. The first-order valence-corrected chi connectivity index (χ1v) is 4.51. The molecule has 0 spiro atoms. The van der Waals surface area contributed by atoms with Crippen LogP contribution in [0.25, 0.3) is 0 Å². The van der Waals surface area contributed by atoms with Crippen LogP contribution in [0.2, 0.25) is 0 Å². The van der Waals surface area contributed by atoms with Crippen molar-refractivity contribution in [1.82, 2.24) is 10.2 Å². The Morgan fingerprint density at radius 2 is 1.93 bits per heavy atom. The van der Waals surface area contributed by atoms with E-state index >= 15 is 0 Å².